The number of ether oxygens (including phenoxy) is 2. The molecular formula is C22H20N2O4S. The van der Waals surface area contributed by atoms with Crippen LogP contribution < -0.4 is 15.0 Å². The summed E-state index contributed by atoms with van der Waals surface area (Å²) in [6, 6.07) is 18.0. The number of nitrogens with one attached hydrogen (secondary N) is 1. The first kappa shape index (κ1) is 20.4. The number of nitrogens with zero attached hydrogens (tertiary/aromatic N) is 1. The maximum atomic E-state index is 12.9. The zero-order valence-electron chi connectivity index (χ0n) is 16.0. The van der Waals surface area contributed by atoms with Crippen LogP contribution >= 0.6 is 11.3 Å². The van der Waals surface area contributed by atoms with E-state index in [1.54, 1.807) is 60.7 Å². The predicted octanol–water partition coefficient (Wildman–Crippen LogP) is 4.11. The van der Waals surface area contributed by atoms with Crippen LogP contribution in [-0.4, -0.2) is 13.0 Å². The summed E-state index contributed by atoms with van der Waals surface area (Å²) < 4.78 is 11.8. The first-order chi connectivity index (χ1) is 14.1. The maximum Gasteiger partial charge on any atom is 0.307 e. The number of hydrogen-bond acceptors (Lipinski definition) is 6. The SMILES string of the molecule is CONC(=O)C(C#N)(Oc1ccccc1)c1cc(OCc2ccsc2)ccc1C. The van der Waals surface area contributed by atoms with E-state index in [1.165, 1.54) is 7.11 Å². The molecule has 0 saturated heterocycles. The van der Waals surface area contributed by atoms with Gasteiger partial charge in [-0.15, -0.1) is 0 Å². The highest BCUT2D eigenvalue weighted by molar-refractivity contribution is 7.07. The van der Waals surface area contributed by atoms with Gasteiger partial charge in [-0.25, -0.2) is 5.48 Å². The number of amides is 1. The van der Waals surface area contributed by atoms with E-state index in [4.69, 9.17) is 14.3 Å². The lowest BCUT2D eigenvalue weighted by Gasteiger charge is -2.28. The van der Waals surface area contributed by atoms with Gasteiger partial charge in [0, 0.05) is 5.56 Å². The topological polar surface area (TPSA) is 80.6 Å². The third-order valence-corrected chi connectivity index (χ3v) is 4.99. The summed E-state index contributed by atoms with van der Waals surface area (Å²) in [5.74, 6) is 0.173. The zero-order chi connectivity index (χ0) is 20.7. The number of hydrogen-bond donors (Lipinski definition) is 1. The van der Waals surface area contributed by atoms with Crippen LogP contribution in [0.25, 0.3) is 0 Å². The fraction of sp³-hybridized carbons (Fsp3) is 0.182. The molecule has 3 rings (SSSR count). The number of rotatable bonds is 8. The van der Waals surface area contributed by atoms with Crippen LogP contribution in [0.5, 0.6) is 11.5 Å². The van der Waals surface area contributed by atoms with E-state index < -0.39 is 11.5 Å². The summed E-state index contributed by atoms with van der Waals surface area (Å²) in [6.07, 6.45) is 0. The number of carbonyl (C=O) groups excluding carboxylic acids is 1. The highest BCUT2D eigenvalue weighted by atomic mass is 32.1. The normalized spacial score (nSPS) is 12.4. The van der Waals surface area contributed by atoms with E-state index in [1.807, 2.05) is 29.0 Å². The minimum atomic E-state index is -1.96. The summed E-state index contributed by atoms with van der Waals surface area (Å²) in [5.41, 5.74) is 2.40. The number of para-hydroxylation sites is 1. The van der Waals surface area contributed by atoms with Crippen LogP contribution in [0.4, 0.5) is 0 Å². The molecule has 1 N–H and O–H groups in total. The molecule has 0 aliphatic heterocycles. The number of aryl methyl sites for hydroxylation is 1. The van der Waals surface area contributed by atoms with Gasteiger partial charge < -0.3 is 9.47 Å². The average Bonchev–Trinajstić information content (AvgIpc) is 3.26. The monoisotopic (exact) mass is 408 g/mol. The molecule has 1 amide bonds. The largest absolute Gasteiger partial charge is 0.489 e. The fourth-order valence-corrected chi connectivity index (χ4v) is 3.45. The first-order valence-corrected chi connectivity index (χ1v) is 9.77. The molecule has 0 aliphatic rings. The van der Waals surface area contributed by atoms with Gasteiger partial charge in [-0.05, 0) is 59.1 Å². The number of nitriles is 1. The second kappa shape index (κ2) is 9.24. The molecule has 148 valence electrons. The number of hydroxylamine groups is 1. The van der Waals surface area contributed by atoms with Crippen molar-refractivity contribution in [2.75, 3.05) is 7.11 Å². The van der Waals surface area contributed by atoms with E-state index in [2.05, 4.69) is 5.48 Å². The molecule has 1 aromatic heterocycles. The van der Waals surface area contributed by atoms with Crippen LogP contribution in [0.2, 0.25) is 0 Å². The maximum absolute atomic E-state index is 12.9. The first-order valence-electron chi connectivity index (χ1n) is 8.83. The van der Waals surface area contributed by atoms with E-state index >= 15 is 0 Å². The molecule has 0 bridgehead atoms. The Morgan fingerprint density at radius 1 is 1.17 bits per heavy atom. The molecule has 0 aliphatic carbocycles. The fourth-order valence-electron chi connectivity index (χ4n) is 2.80. The van der Waals surface area contributed by atoms with Gasteiger partial charge in [0.15, 0.2) is 0 Å². The Bertz CT molecular complexity index is 999. The predicted molar refractivity (Wildman–Crippen MR) is 109 cm³/mol. The molecule has 0 fully saturated rings. The summed E-state index contributed by atoms with van der Waals surface area (Å²) in [6.45, 7) is 2.19. The molecule has 2 aromatic carbocycles. The van der Waals surface area contributed by atoms with Crippen molar-refractivity contribution in [1.82, 2.24) is 5.48 Å². The molecule has 0 radical (unpaired) electrons. The van der Waals surface area contributed by atoms with Crippen LogP contribution in [0.1, 0.15) is 16.7 Å². The number of thiophene rings is 1. The third kappa shape index (κ3) is 4.57. The molecule has 1 atom stereocenters. The lowest BCUT2D eigenvalue weighted by molar-refractivity contribution is -0.144. The van der Waals surface area contributed by atoms with Gasteiger partial charge in [0.2, 0.25) is 0 Å². The molecule has 1 heterocycles. The van der Waals surface area contributed by atoms with Crippen LogP contribution in [-0.2, 0) is 21.8 Å². The number of benzene rings is 2. The smallest absolute Gasteiger partial charge is 0.307 e. The van der Waals surface area contributed by atoms with Crippen molar-refractivity contribution < 1.29 is 19.1 Å². The van der Waals surface area contributed by atoms with Crippen molar-refractivity contribution >= 4 is 17.2 Å². The zero-order valence-corrected chi connectivity index (χ0v) is 16.9. The molecule has 6 nitrogen and oxygen atoms in total. The Morgan fingerprint density at radius 2 is 1.97 bits per heavy atom. The molecule has 1 unspecified atom stereocenters. The number of carbonyl (C=O) groups is 1. The lowest BCUT2D eigenvalue weighted by Crippen LogP contribution is -2.48. The van der Waals surface area contributed by atoms with E-state index in [0.29, 0.717) is 29.2 Å². The van der Waals surface area contributed by atoms with Crippen LogP contribution in [0.3, 0.4) is 0 Å². The van der Waals surface area contributed by atoms with Gasteiger partial charge in [0.25, 0.3) is 5.60 Å². The van der Waals surface area contributed by atoms with Crippen molar-refractivity contribution in [1.29, 1.82) is 5.26 Å². The highest BCUT2D eigenvalue weighted by Crippen LogP contribution is 2.33. The molecule has 29 heavy (non-hydrogen) atoms. The molecular weight excluding hydrogens is 388 g/mol. The van der Waals surface area contributed by atoms with Crippen molar-refractivity contribution in [2.45, 2.75) is 19.1 Å². The Balaban J connectivity index is 2.00. The second-order valence-corrected chi connectivity index (χ2v) is 7.02. The quantitative estimate of drug-likeness (QED) is 0.567. The van der Waals surface area contributed by atoms with Gasteiger partial charge in [-0.2, -0.15) is 16.6 Å². The lowest BCUT2D eigenvalue weighted by atomic mass is 9.90. The third-order valence-electron chi connectivity index (χ3n) is 4.26. The van der Waals surface area contributed by atoms with Gasteiger partial charge in [0.05, 0.1) is 7.11 Å². The van der Waals surface area contributed by atoms with E-state index in [-0.39, 0.29) is 0 Å². The molecule has 0 saturated carbocycles. The summed E-state index contributed by atoms with van der Waals surface area (Å²) in [4.78, 5) is 17.7. The Kier molecular flexibility index (Phi) is 6.50. The Morgan fingerprint density at radius 3 is 2.62 bits per heavy atom. The average molecular weight is 408 g/mol. The van der Waals surface area contributed by atoms with E-state index in [9.17, 15) is 10.1 Å². The van der Waals surface area contributed by atoms with Crippen molar-refractivity contribution in [2.24, 2.45) is 0 Å². The Labute approximate surface area is 173 Å². The van der Waals surface area contributed by atoms with E-state index in [0.717, 1.165) is 5.56 Å². The van der Waals surface area contributed by atoms with Crippen molar-refractivity contribution in [3.63, 3.8) is 0 Å². The minimum absolute atomic E-state index is 0.376. The molecule has 3 aromatic rings. The molecule has 0 spiro atoms. The Hall–Kier alpha value is -3.34. The standard InChI is InChI=1S/C22H20N2O4S/c1-16-8-9-19(27-13-17-10-11-29-14-17)12-20(16)22(15-23,21(25)24-26-2)28-18-6-4-3-5-7-18/h3-12,14H,13H2,1-2H3,(H,24,25). The molecule has 7 heteroatoms. The van der Waals surface area contributed by atoms with Gasteiger partial charge in [-0.3, -0.25) is 9.63 Å². The van der Waals surface area contributed by atoms with Crippen LogP contribution in [0, 0.1) is 18.3 Å². The van der Waals surface area contributed by atoms with Crippen LogP contribution in [0.15, 0.2) is 65.4 Å². The minimum Gasteiger partial charge on any atom is -0.489 e. The summed E-state index contributed by atoms with van der Waals surface area (Å²) in [7, 11) is 1.30. The highest BCUT2D eigenvalue weighted by Gasteiger charge is 2.45. The van der Waals surface area contributed by atoms with Gasteiger partial charge in [-0.1, -0.05) is 24.3 Å². The summed E-state index contributed by atoms with van der Waals surface area (Å²) >= 11 is 1.59. The summed E-state index contributed by atoms with van der Waals surface area (Å²) in [5, 5.41) is 14.0. The van der Waals surface area contributed by atoms with Crippen molar-refractivity contribution in [3.05, 3.63) is 82.0 Å². The second-order valence-electron chi connectivity index (χ2n) is 6.24. The van der Waals surface area contributed by atoms with Crippen molar-refractivity contribution in [3.8, 4) is 17.6 Å². The van der Waals surface area contributed by atoms with Gasteiger partial charge in [0.1, 0.15) is 24.2 Å². The van der Waals surface area contributed by atoms with Gasteiger partial charge >= 0.3 is 5.91 Å².